The Hall–Kier alpha value is -4.07. The van der Waals surface area contributed by atoms with Crippen molar-refractivity contribution < 1.29 is 14.3 Å². The van der Waals surface area contributed by atoms with Crippen LogP contribution in [0.5, 0.6) is 5.75 Å². The third-order valence-electron chi connectivity index (χ3n) is 5.56. The highest BCUT2D eigenvalue weighted by Gasteiger charge is 2.26. The second-order valence-electron chi connectivity index (χ2n) is 7.63. The van der Waals surface area contributed by atoms with Gasteiger partial charge in [-0.2, -0.15) is 0 Å². The molecule has 4 rings (SSSR count). The van der Waals surface area contributed by atoms with Gasteiger partial charge in [0.2, 0.25) is 0 Å². The van der Waals surface area contributed by atoms with Gasteiger partial charge in [0, 0.05) is 11.4 Å². The molecule has 1 aliphatic rings. The molecular formula is C24H24N4O4. The van der Waals surface area contributed by atoms with Gasteiger partial charge in [0.1, 0.15) is 11.3 Å². The minimum absolute atomic E-state index is 0.105. The van der Waals surface area contributed by atoms with Gasteiger partial charge in [0.05, 0.1) is 24.4 Å². The van der Waals surface area contributed by atoms with Crippen LogP contribution in [0.4, 0.5) is 11.4 Å². The van der Waals surface area contributed by atoms with Gasteiger partial charge in [-0.15, -0.1) is 0 Å². The molecule has 0 bridgehead atoms. The van der Waals surface area contributed by atoms with E-state index in [-0.39, 0.29) is 17.5 Å². The molecule has 1 heterocycles. The summed E-state index contributed by atoms with van der Waals surface area (Å²) in [7, 11) is 1.60. The lowest BCUT2D eigenvalue weighted by molar-refractivity contribution is 0.0933. The van der Waals surface area contributed by atoms with E-state index in [1.54, 1.807) is 19.2 Å². The molecule has 3 aromatic rings. The standard InChI is InChI=1S/C24H24N4O4/c1-32-15-11-9-14(10-12-15)26-19-6-3-2-5-16(19)23(30)27-20-7-4-8-21-17(20)13-18(22(25)29)24(31)28-21/h2-3,5-6,9-13,20,26H,4,7-8H2,1H3,(H2,25,29)(H,27,30)(H,28,31)/t20-/m1/s1. The van der Waals surface area contributed by atoms with E-state index in [0.29, 0.717) is 24.1 Å². The van der Waals surface area contributed by atoms with Crippen LogP contribution in [0.3, 0.4) is 0 Å². The zero-order chi connectivity index (χ0) is 22.7. The zero-order valence-electron chi connectivity index (χ0n) is 17.6. The molecule has 2 aromatic carbocycles. The van der Waals surface area contributed by atoms with Crippen molar-refractivity contribution in [3.05, 3.63) is 87.3 Å². The number of fused-ring (bicyclic) bond motifs is 1. The number of ether oxygens (including phenoxy) is 1. The lowest BCUT2D eigenvalue weighted by atomic mass is 9.90. The van der Waals surface area contributed by atoms with Crippen LogP contribution in [0.1, 0.15) is 50.9 Å². The minimum atomic E-state index is -0.793. The summed E-state index contributed by atoms with van der Waals surface area (Å²) in [6.07, 6.45) is 2.16. The summed E-state index contributed by atoms with van der Waals surface area (Å²) >= 11 is 0. The normalized spacial score (nSPS) is 14.8. The van der Waals surface area contributed by atoms with Gasteiger partial charge in [-0.25, -0.2) is 0 Å². The van der Waals surface area contributed by atoms with E-state index in [1.807, 2.05) is 36.4 Å². The molecule has 0 saturated heterocycles. The maximum absolute atomic E-state index is 13.2. The number of H-pyrrole nitrogens is 1. The van der Waals surface area contributed by atoms with Gasteiger partial charge in [-0.1, -0.05) is 12.1 Å². The maximum Gasteiger partial charge on any atom is 0.261 e. The number of aryl methyl sites for hydroxylation is 1. The molecule has 0 saturated carbocycles. The topological polar surface area (TPSA) is 126 Å². The second-order valence-corrected chi connectivity index (χ2v) is 7.63. The van der Waals surface area contributed by atoms with Gasteiger partial charge in [-0.3, -0.25) is 14.4 Å². The number of methoxy groups -OCH3 is 1. The van der Waals surface area contributed by atoms with Crippen LogP contribution in [-0.2, 0) is 6.42 Å². The molecule has 0 aliphatic heterocycles. The Labute approximate surface area is 184 Å². The Morgan fingerprint density at radius 1 is 1.09 bits per heavy atom. The molecule has 32 heavy (non-hydrogen) atoms. The number of aromatic amines is 1. The van der Waals surface area contributed by atoms with Gasteiger partial charge in [0.15, 0.2) is 0 Å². The summed E-state index contributed by atoms with van der Waals surface area (Å²) in [6, 6.07) is 15.8. The molecule has 1 atom stereocenters. The van der Waals surface area contributed by atoms with Crippen molar-refractivity contribution >= 4 is 23.2 Å². The third-order valence-corrected chi connectivity index (χ3v) is 5.56. The fourth-order valence-corrected chi connectivity index (χ4v) is 3.93. The molecule has 0 spiro atoms. The van der Waals surface area contributed by atoms with E-state index in [0.717, 1.165) is 29.1 Å². The van der Waals surface area contributed by atoms with E-state index in [9.17, 15) is 14.4 Å². The number of para-hydroxylation sites is 1. The van der Waals surface area contributed by atoms with Crippen LogP contribution in [0.2, 0.25) is 0 Å². The van der Waals surface area contributed by atoms with E-state index in [4.69, 9.17) is 10.5 Å². The van der Waals surface area contributed by atoms with Crippen molar-refractivity contribution in [2.75, 3.05) is 12.4 Å². The maximum atomic E-state index is 13.2. The molecule has 8 heteroatoms. The summed E-state index contributed by atoms with van der Waals surface area (Å²) in [5.74, 6) is -0.309. The zero-order valence-corrected chi connectivity index (χ0v) is 17.6. The Balaban J connectivity index is 1.59. The van der Waals surface area contributed by atoms with Crippen molar-refractivity contribution in [2.24, 2.45) is 5.73 Å². The van der Waals surface area contributed by atoms with Crippen molar-refractivity contribution in [3.63, 3.8) is 0 Å². The number of benzene rings is 2. The van der Waals surface area contributed by atoms with Gasteiger partial charge in [-0.05, 0) is 67.3 Å². The van der Waals surface area contributed by atoms with Crippen LogP contribution in [0.25, 0.3) is 0 Å². The number of hydrogen-bond acceptors (Lipinski definition) is 5. The highest BCUT2D eigenvalue weighted by atomic mass is 16.5. The van der Waals surface area contributed by atoms with Crippen molar-refractivity contribution in [3.8, 4) is 5.75 Å². The molecule has 2 amide bonds. The number of amides is 2. The average molecular weight is 432 g/mol. The summed E-state index contributed by atoms with van der Waals surface area (Å²) in [4.78, 5) is 39.6. The number of hydrogen-bond donors (Lipinski definition) is 4. The van der Waals surface area contributed by atoms with Crippen LogP contribution >= 0.6 is 0 Å². The molecule has 0 unspecified atom stereocenters. The number of pyridine rings is 1. The molecule has 5 N–H and O–H groups in total. The van der Waals surface area contributed by atoms with E-state index in [2.05, 4.69) is 15.6 Å². The first kappa shape index (κ1) is 21.2. The predicted molar refractivity (Wildman–Crippen MR) is 121 cm³/mol. The number of nitrogens with one attached hydrogen (secondary N) is 3. The van der Waals surface area contributed by atoms with Gasteiger partial charge >= 0.3 is 0 Å². The van der Waals surface area contributed by atoms with E-state index >= 15 is 0 Å². The van der Waals surface area contributed by atoms with Crippen molar-refractivity contribution in [1.29, 1.82) is 0 Å². The minimum Gasteiger partial charge on any atom is -0.497 e. The van der Waals surface area contributed by atoms with E-state index < -0.39 is 11.5 Å². The Morgan fingerprint density at radius 3 is 2.56 bits per heavy atom. The van der Waals surface area contributed by atoms with Crippen LogP contribution in [-0.4, -0.2) is 23.9 Å². The highest BCUT2D eigenvalue weighted by molar-refractivity contribution is 6.00. The number of nitrogens with two attached hydrogens (primary N) is 1. The molecule has 1 aromatic heterocycles. The molecular weight excluding hydrogens is 408 g/mol. The number of carbonyl (C=O) groups is 2. The molecule has 0 radical (unpaired) electrons. The first-order valence-electron chi connectivity index (χ1n) is 10.3. The van der Waals surface area contributed by atoms with Crippen molar-refractivity contribution in [2.45, 2.75) is 25.3 Å². The SMILES string of the molecule is COc1ccc(Nc2ccccc2C(=O)N[C@@H]2CCCc3[nH]c(=O)c(C(N)=O)cc32)cc1. The summed E-state index contributed by atoms with van der Waals surface area (Å²) in [6.45, 7) is 0. The largest absolute Gasteiger partial charge is 0.497 e. The van der Waals surface area contributed by atoms with Crippen LogP contribution in [0, 0.1) is 0 Å². The fraction of sp³-hybridized carbons (Fsp3) is 0.208. The Bertz CT molecular complexity index is 1220. The summed E-state index contributed by atoms with van der Waals surface area (Å²) in [5.41, 5.74) is 8.13. The monoisotopic (exact) mass is 432 g/mol. The third kappa shape index (κ3) is 4.34. The smallest absolute Gasteiger partial charge is 0.261 e. The fourth-order valence-electron chi connectivity index (χ4n) is 3.93. The second kappa shape index (κ2) is 8.97. The number of carbonyl (C=O) groups excluding carboxylic acids is 2. The average Bonchev–Trinajstić information content (AvgIpc) is 2.79. The number of rotatable bonds is 6. The lowest BCUT2D eigenvalue weighted by Crippen LogP contribution is -2.34. The van der Waals surface area contributed by atoms with Gasteiger partial charge < -0.3 is 26.1 Å². The number of aromatic nitrogens is 1. The quantitative estimate of drug-likeness (QED) is 0.476. The lowest BCUT2D eigenvalue weighted by Gasteiger charge is -2.26. The Kier molecular flexibility index (Phi) is 5.93. The number of primary amides is 1. The van der Waals surface area contributed by atoms with Crippen molar-refractivity contribution in [1.82, 2.24) is 10.3 Å². The first-order valence-corrected chi connectivity index (χ1v) is 10.3. The molecule has 0 fully saturated rings. The number of anilines is 2. The van der Waals surface area contributed by atoms with Gasteiger partial charge in [0.25, 0.3) is 17.4 Å². The first-order chi connectivity index (χ1) is 15.5. The van der Waals surface area contributed by atoms with Crippen LogP contribution < -0.4 is 26.7 Å². The molecule has 164 valence electrons. The molecule has 1 aliphatic carbocycles. The predicted octanol–water partition coefficient (Wildman–Crippen LogP) is 3.03. The van der Waals surface area contributed by atoms with E-state index in [1.165, 1.54) is 6.07 Å². The molecule has 8 nitrogen and oxygen atoms in total. The highest BCUT2D eigenvalue weighted by Crippen LogP contribution is 2.30. The van der Waals surface area contributed by atoms with Crippen LogP contribution in [0.15, 0.2) is 59.4 Å². The Morgan fingerprint density at radius 2 is 1.84 bits per heavy atom. The summed E-state index contributed by atoms with van der Waals surface area (Å²) < 4.78 is 5.18. The summed E-state index contributed by atoms with van der Waals surface area (Å²) in [5, 5.41) is 6.32.